The molecule has 0 saturated carbocycles. The second-order valence-corrected chi connectivity index (χ2v) is 6.67. The van der Waals surface area contributed by atoms with Crippen LogP contribution < -0.4 is 0 Å². The molecule has 2 aromatic carbocycles. The van der Waals surface area contributed by atoms with Crippen LogP contribution in [0.1, 0.15) is 12.8 Å². The molecule has 0 aliphatic carbocycles. The standard InChI is InChI=1S/C16H15N3O2S/c17-9-3-11-19(12-4-10-18)22(20,21)16-8-7-14-5-1-2-6-15(14)13-16/h1-2,5-8,13H,3-4,11-12H2. The number of hydrogen-bond acceptors (Lipinski definition) is 4. The number of fused-ring (bicyclic) bond motifs is 1. The van der Waals surface area contributed by atoms with Crippen LogP contribution in [-0.4, -0.2) is 25.8 Å². The quantitative estimate of drug-likeness (QED) is 0.820. The Labute approximate surface area is 130 Å². The van der Waals surface area contributed by atoms with E-state index in [1.54, 1.807) is 18.2 Å². The summed E-state index contributed by atoms with van der Waals surface area (Å²) in [6.07, 6.45) is 0.191. The normalized spacial score (nSPS) is 11.2. The molecule has 22 heavy (non-hydrogen) atoms. The first kappa shape index (κ1) is 16.0. The maximum Gasteiger partial charge on any atom is 0.243 e. The molecule has 0 fully saturated rings. The first-order valence-corrected chi connectivity index (χ1v) is 8.26. The van der Waals surface area contributed by atoms with Crippen LogP contribution in [0.5, 0.6) is 0 Å². The molecule has 0 aliphatic rings. The van der Waals surface area contributed by atoms with E-state index in [1.165, 1.54) is 4.31 Å². The van der Waals surface area contributed by atoms with Crippen molar-refractivity contribution in [1.82, 2.24) is 4.31 Å². The van der Waals surface area contributed by atoms with Gasteiger partial charge in [-0.2, -0.15) is 14.8 Å². The van der Waals surface area contributed by atoms with Crippen molar-refractivity contribution in [2.45, 2.75) is 17.7 Å². The van der Waals surface area contributed by atoms with E-state index < -0.39 is 10.0 Å². The summed E-state index contributed by atoms with van der Waals surface area (Å²) < 4.78 is 26.6. The van der Waals surface area contributed by atoms with Crippen molar-refractivity contribution in [3.05, 3.63) is 42.5 Å². The minimum absolute atomic E-state index is 0.0906. The van der Waals surface area contributed by atoms with Crippen molar-refractivity contribution in [3.63, 3.8) is 0 Å². The number of nitrogens with zero attached hydrogens (tertiary/aromatic N) is 3. The summed E-state index contributed by atoms with van der Waals surface area (Å²) in [5.74, 6) is 0. The van der Waals surface area contributed by atoms with Gasteiger partial charge in [0.25, 0.3) is 0 Å². The Morgan fingerprint density at radius 3 is 2.09 bits per heavy atom. The van der Waals surface area contributed by atoms with Crippen LogP contribution in [0.25, 0.3) is 10.8 Å². The minimum atomic E-state index is -3.71. The van der Waals surface area contributed by atoms with Crippen LogP contribution in [0.4, 0.5) is 0 Å². The lowest BCUT2D eigenvalue weighted by Crippen LogP contribution is -2.32. The van der Waals surface area contributed by atoms with E-state index in [2.05, 4.69) is 0 Å². The molecule has 0 saturated heterocycles. The summed E-state index contributed by atoms with van der Waals surface area (Å²) in [5, 5.41) is 19.2. The Kier molecular flexibility index (Phi) is 5.11. The van der Waals surface area contributed by atoms with Crippen LogP contribution in [0.3, 0.4) is 0 Å². The molecule has 0 atom stereocenters. The van der Waals surface area contributed by atoms with Gasteiger partial charge in [-0.15, -0.1) is 0 Å². The van der Waals surface area contributed by atoms with Crippen molar-refractivity contribution < 1.29 is 8.42 Å². The molecule has 0 aromatic heterocycles. The largest absolute Gasteiger partial charge is 0.243 e. The molecule has 0 amide bonds. The summed E-state index contributed by atoms with van der Waals surface area (Å²) in [4.78, 5) is 0.182. The van der Waals surface area contributed by atoms with Crippen LogP contribution >= 0.6 is 0 Å². The molecule has 0 heterocycles. The van der Waals surface area contributed by atoms with Gasteiger partial charge in [0, 0.05) is 25.9 Å². The number of sulfonamides is 1. The molecular formula is C16H15N3O2S. The summed E-state index contributed by atoms with van der Waals surface area (Å²) in [7, 11) is -3.71. The molecular weight excluding hydrogens is 298 g/mol. The first-order valence-electron chi connectivity index (χ1n) is 6.82. The summed E-state index contributed by atoms with van der Waals surface area (Å²) >= 11 is 0. The van der Waals surface area contributed by atoms with Gasteiger partial charge < -0.3 is 0 Å². The number of rotatable bonds is 6. The molecule has 6 heteroatoms. The predicted molar refractivity (Wildman–Crippen MR) is 83.2 cm³/mol. The Morgan fingerprint density at radius 1 is 0.909 bits per heavy atom. The molecule has 112 valence electrons. The Balaban J connectivity index is 2.39. The van der Waals surface area contributed by atoms with Gasteiger partial charge in [-0.3, -0.25) is 0 Å². The Bertz CT molecular complexity index is 830. The van der Waals surface area contributed by atoms with E-state index in [1.807, 2.05) is 36.4 Å². The zero-order valence-electron chi connectivity index (χ0n) is 11.9. The lowest BCUT2D eigenvalue weighted by atomic mass is 10.1. The average molecular weight is 313 g/mol. The second-order valence-electron chi connectivity index (χ2n) is 4.73. The highest BCUT2D eigenvalue weighted by atomic mass is 32.2. The number of benzene rings is 2. The van der Waals surface area contributed by atoms with E-state index >= 15 is 0 Å². The monoisotopic (exact) mass is 313 g/mol. The van der Waals surface area contributed by atoms with Crippen molar-refractivity contribution in [2.24, 2.45) is 0 Å². The van der Waals surface area contributed by atoms with E-state index in [9.17, 15) is 8.42 Å². The molecule has 0 N–H and O–H groups in total. The fourth-order valence-corrected chi connectivity index (χ4v) is 3.66. The Morgan fingerprint density at radius 2 is 1.50 bits per heavy atom. The lowest BCUT2D eigenvalue weighted by Gasteiger charge is -2.20. The van der Waals surface area contributed by atoms with E-state index in [0.29, 0.717) is 0 Å². The van der Waals surface area contributed by atoms with Gasteiger partial charge in [-0.1, -0.05) is 30.3 Å². The highest BCUT2D eigenvalue weighted by molar-refractivity contribution is 7.89. The zero-order valence-corrected chi connectivity index (χ0v) is 12.8. The molecule has 5 nitrogen and oxygen atoms in total. The van der Waals surface area contributed by atoms with Gasteiger partial charge in [0.05, 0.1) is 17.0 Å². The zero-order chi connectivity index (χ0) is 16.0. The fourth-order valence-electron chi connectivity index (χ4n) is 2.18. The van der Waals surface area contributed by atoms with E-state index in [0.717, 1.165) is 10.8 Å². The maximum atomic E-state index is 12.7. The molecule has 2 aromatic rings. The molecule has 0 aliphatic heterocycles. The van der Waals surface area contributed by atoms with Crippen LogP contribution in [0.15, 0.2) is 47.4 Å². The first-order chi connectivity index (χ1) is 10.6. The SMILES string of the molecule is N#CCCN(CCC#N)S(=O)(=O)c1ccc2ccccc2c1. The third-order valence-corrected chi connectivity index (χ3v) is 5.20. The Hall–Kier alpha value is -2.41. The van der Waals surface area contributed by atoms with Gasteiger partial charge in [0.1, 0.15) is 0 Å². The summed E-state index contributed by atoms with van der Waals surface area (Å²) in [5.41, 5.74) is 0. The third-order valence-electron chi connectivity index (χ3n) is 3.30. The van der Waals surface area contributed by atoms with Gasteiger partial charge in [-0.05, 0) is 22.9 Å². The van der Waals surface area contributed by atoms with Crippen LogP contribution in [0, 0.1) is 22.7 Å². The van der Waals surface area contributed by atoms with Crippen molar-refractivity contribution in [1.29, 1.82) is 10.5 Å². The van der Waals surface area contributed by atoms with Crippen molar-refractivity contribution in [3.8, 4) is 12.1 Å². The van der Waals surface area contributed by atoms with Gasteiger partial charge in [0.15, 0.2) is 0 Å². The number of nitriles is 2. The summed E-state index contributed by atoms with van der Waals surface area (Å²) in [6, 6.07) is 16.3. The van der Waals surface area contributed by atoms with Crippen molar-refractivity contribution >= 4 is 20.8 Å². The highest BCUT2D eigenvalue weighted by Gasteiger charge is 2.23. The minimum Gasteiger partial charge on any atom is -0.207 e. The fraction of sp³-hybridized carbons (Fsp3) is 0.250. The van der Waals surface area contributed by atoms with Crippen LogP contribution in [-0.2, 0) is 10.0 Å². The van der Waals surface area contributed by atoms with E-state index in [-0.39, 0.29) is 30.8 Å². The van der Waals surface area contributed by atoms with E-state index in [4.69, 9.17) is 10.5 Å². The lowest BCUT2D eigenvalue weighted by molar-refractivity contribution is 0.425. The maximum absolute atomic E-state index is 12.7. The molecule has 0 unspecified atom stereocenters. The predicted octanol–water partition coefficient (Wildman–Crippen LogP) is 2.66. The van der Waals surface area contributed by atoms with Crippen LogP contribution in [0.2, 0.25) is 0 Å². The molecule has 0 bridgehead atoms. The molecule has 0 radical (unpaired) electrons. The smallest absolute Gasteiger partial charge is 0.207 e. The number of hydrogen-bond donors (Lipinski definition) is 0. The summed E-state index contributed by atoms with van der Waals surface area (Å²) in [6.45, 7) is 0.181. The molecule has 2 rings (SSSR count). The second kappa shape index (κ2) is 7.04. The van der Waals surface area contributed by atoms with Crippen molar-refractivity contribution in [2.75, 3.05) is 13.1 Å². The van der Waals surface area contributed by atoms with Gasteiger partial charge in [0.2, 0.25) is 10.0 Å². The average Bonchev–Trinajstić information content (AvgIpc) is 2.54. The topological polar surface area (TPSA) is 85.0 Å². The molecule has 0 spiro atoms. The van der Waals surface area contributed by atoms with Gasteiger partial charge in [-0.25, -0.2) is 8.42 Å². The van der Waals surface area contributed by atoms with Gasteiger partial charge >= 0.3 is 0 Å². The third kappa shape index (κ3) is 3.43. The highest BCUT2D eigenvalue weighted by Crippen LogP contribution is 2.22.